The molecule has 1 heterocycles. The van der Waals surface area contributed by atoms with Crippen LogP contribution in [0.1, 0.15) is 21.5 Å². The maximum Gasteiger partial charge on any atom is 0.256 e. The van der Waals surface area contributed by atoms with Gasteiger partial charge in [-0.3, -0.25) is 4.79 Å². The van der Waals surface area contributed by atoms with Gasteiger partial charge in [-0.1, -0.05) is 41.9 Å². The lowest BCUT2D eigenvalue weighted by Gasteiger charge is -2.12. The number of carbonyl (C=O) groups excluding carboxylic acids is 1. The van der Waals surface area contributed by atoms with Gasteiger partial charge in [0.05, 0.1) is 11.8 Å². The summed E-state index contributed by atoms with van der Waals surface area (Å²) in [6, 6.07) is 20.5. The van der Waals surface area contributed by atoms with E-state index in [2.05, 4.69) is 10.3 Å². The van der Waals surface area contributed by atoms with E-state index in [1.165, 1.54) is 0 Å². The summed E-state index contributed by atoms with van der Waals surface area (Å²) in [7, 11) is 0. The average molecular weight is 403 g/mol. The van der Waals surface area contributed by atoms with Crippen LogP contribution in [-0.4, -0.2) is 10.9 Å². The van der Waals surface area contributed by atoms with E-state index in [1.807, 2.05) is 62.4 Å². The lowest BCUT2D eigenvalue weighted by Crippen LogP contribution is -2.14. The maximum atomic E-state index is 13.0. The normalized spacial score (nSPS) is 10.7. The largest absolute Gasteiger partial charge is 0.436 e. The summed E-state index contributed by atoms with van der Waals surface area (Å²) >= 11 is 5.95. The van der Waals surface area contributed by atoms with Crippen LogP contribution in [0.2, 0.25) is 5.02 Å². The summed E-state index contributed by atoms with van der Waals surface area (Å²) in [4.78, 5) is 17.4. The summed E-state index contributed by atoms with van der Waals surface area (Å²) in [5, 5.41) is 3.68. The Balaban J connectivity index is 1.67. The number of benzene rings is 3. The number of amides is 1. The number of nitrogens with one attached hydrogen (secondary N) is 1. The third-order valence-corrected chi connectivity index (χ3v) is 5.01. The molecule has 29 heavy (non-hydrogen) atoms. The molecular weight excluding hydrogens is 384 g/mol. The van der Waals surface area contributed by atoms with Gasteiger partial charge >= 0.3 is 0 Å². The summed E-state index contributed by atoms with van der Waals surface area (Å²) in [5.74, 6) is 0.799. The molecule has 4 aromatic rings. The maximum absolute atomic E-state index is 13.0. The van der Waals surface area contributed by atoms with E-state index < -0.39 is 0 Å². The molecule has 0 bridgehead atoms. The number of hydrogen-bond donors (Lipinski definition) is 1. The minimum Gasteiger partial charge on any atom is -0.436 e. The smallest absolute Gasteiger partial charge is 0.256 e. The van der Waals surface area contributed by atoms with E-state index in [0.717, 1.165) is 22.4 Å². The van der Waals surface area contributed by atoms with Crippen LogP contribution in [0.4, 0.5) is 5.69 Å². The van der Waals surface area contributed by atoms with Gasteiger partial charge in [0.1, 0.15) is 0 Å². The fourth-order valence-corrected chi connectivity index (χ4v) is 3.33. The Hall–Kier alpha value is -3.37. The second kappa shape index (κ2) is 7.94. The van der Waals surface area contributed by atoms with Gasteiger partial charge in [0.15, 0.2) is 5.76 Å². The molecule has 0 saturated heterocycles. The number of halogens is 1. The Morgan fingerprint density at radius 3 is 2.34 bits per heavy atom. The van der Waals surface area contributed by atoms with Crippen LogP contribution in [0.25, 0.3) is 22.8 Å². The fraction of sp³-hybridized carbons (Fsp3) is 0.0833. The molecule has 1 aromatic heterocycles. The first-order chi connectivity index (χ1) is 14.0. The Bertz CT molecular complexity index is 1160. The Morgan fingerprint density at radius 1 is 0.931 bits per heavy atom. The highest BCUT2D eigenvalue weighted by molar-refractivity contribution is 6.30. The number of nitrogens with zero attached hydrogens (tertiary/aromatic N) is 1. The molecule has 0 aliphatic heterocycles. The third kappa shape index (κ3) is 3.93. The van der Waals surface area contributed by atoms with Crippen LogP contribution in [-0.2, 0) is 0 Å². The van der Waals surface area contributed by atoms with Gasteiger partial charge in [-0.15, -0.1) is 0 Å². The van der Waals surface area contributed by atoms with E-state index >= 15 is 0 Å². The highest BCUT2D eigenvalue weighted by atomic mass is 35.5. The van der Waals surface area contributed by atoms with Crippen molar-refractivity contribution in [3.63, 3.8) is 0 Å². The summed E-state index contributed by atoms with van der Waals surface area (Å²) in [6.07, 6.45) is 1.65. The number of oxazole rings is 1. The van der Waals surface area contributed by atoms with Crippen LogP contribution in [0.3, 0.4) is 0 Å². The van der Waals surface area contributed by atoms with Crippen LogP contribution in [0, 0.1) is 13.8 Å². The standard InChI is InChI=1S/C24H19ClN2O2/c1-15-6-5-7-16(2)22(15)27-23(28)19-8-3-4-9-20(19)24-26-14-21(29-24)17-10-12-18(25)13-11-17/h3-14H,1-2H3,(H,27,28). The summed E-state index contributed by atoms with van der Waals surface area (Å²) in [5.41, 5.74) is 4.84. The zero-order chi connectivity index (χ0) is 20.4. The van der Waals surface area contributed by atoms with E-state index in [1.54, 1.807) is 24.4 Å². The lowest BCUT2D eigenvalue weighted by molar-refractivity contribution is 0.102. The van der Waals surface area contributed by atoms with Crippen molar-refractivity contribution < 1.29 is 9.21 Å². The monoisotopic (exact) mass is 402 g/mol. The van der Waals surface area contributed by atoms with Gasteiger partial charge in [-0.25, -0.2) is 4.98 Å². The third-order valence-electron chi connectivity index (χ3n) is 4.76. The van der Waals surface area contributed by atoms with Gasteiger partial charge in [0, 0.05) is 21.8 Å². The van der Waals surface area contributed by atoms with Crippen molar-refractivity contribution in [1.29, 1.82) is 0 Å². The second-order valence-corrected chi connectivity index (χ2v) is 7.24. The molecule has 0 fully saturated rings. The highest BCUT2D eigenvalue weighted by Gasteiger charge is 2.18. The van der Waals surface area contributed by atoms with Crippen LogP contribution >= 0.6 is 11.6 Å². The molecule has 0 saturated carbocycles. The molecule has 0 unspecified atom stereocenters. The molecule has 144 valence electrons. The molecular formula is C24H19ClN2O2. The molecule has 0 aliphatic rings. The molecule has 0 aliphatic carbocycles. The average Bonchev–Trinajstić information content (AvgIpc) is 3.21. The molecule has 0 radical (unpaired) electrons. The predicted octanol–water partition coefficient (Wildman–Crippen LogP) is 6.53. The van der Waals surface area contributed by atoms with E-state index in [4.69, 9.17) is 16.0 Å². The van der Waals surface area contributed by atoms with Gasteiger partial charge in [0.2, 0.25) is 5.89 Å². The van der Waals surface area contributed by atoms with Crippen molar-refractivity contribution >= 4 is 23.2 Å². The number of hydrogen-bond acceptors (Lipinski definition) is 3. The predicted molar refractivity (Wildman–Crippen MR) is 116 cm³/mol. The quantitative estimate of drug-likeness (QED) is 0.422. The topological polar surface area (TPSA) is 55.1 Å². The number of para-hydroxylation sites is 1. The SMILES string of the molecule is Cc1cccc(C)c1NC(=O)c1ccccc1-c1ncc(-c2ccc(Cl)cc2)o1. The number of carbonyl (C=O) groups is 1. The zero-order valence-electron chi connectivity index (χ0n) is 16.1. The fourth-order valence-electron chi connectivity index (χ4n) is 3.21. The first-order valence-electron chi connectivity index (χ1n) is 9.21. The first-order valence-corrected chi connectivity index (χ1v) is 9.59. The van der Waals surface area contributed by atoms with E-state index in [0.29, 0.717) is 27.8 Å². The molecule has 4 rings (SSSR count). The van der Waals surface area contributed by atoms with Crippen molar-refractivity contribution in [3.8, 4) is 22.8 Å². The van der Waals surface area contributed by atoms with Crippen LogP contribution in [0.15, 0.2) is 77.3 Å². The molecule has 0 atom stereocenters. The number of rotatable bonds is 4. The van der Waals surface area contributed by atoms with Crippen molar-refractivity contribution in [2.45, 2.75) is 13.8 Å². The Morgan fingerprint density at radius 2 is 1.62 bits per heavy atom. The minimum absolute atomic E-state index is 0.204. The zero-order valence-corrected chi connectivity index (χ0v) is 16.8. The van der Waals surface area contributed by atoms with Gasteiger partial charge in [0.25, 0.3) is 5.91 Å². The van der Waals surface area contributed by atoms with Crippen LogP contribution in [0.5, 0.6) is 0 Å². The number of aromatic nitrogens is 1. The molecule has 0 spiro atoms. The van der Waals surface area contributed by atoms with Gasteiger partial charge in [-0.05, 0) is 61.4 Å². The molecule has 3 aromatic carbocycles. The summed E-state index contributed by atoms with van der Waals surface area (Å²) in [6.45, 7) is 3.95. The van der Waals surface area contributed by atoms with Crippen molar-refractivity contribution in [3.05, 3.63) is 94.6 Å². The van der Waals surface area contributed by atoms with Crippen molar-refractivity contribution in [2.24, 2.45) is 0 Å². The van der Waals surface area contributed by atoms with Gasteiger partial charge in [-0.2, -0.15) is 0 Å². The Labute approximate surface area is 174 Å². The van der Waals surface area contributed by atoms with Crippen LogP contribution < -0.4 is 5.32 Å². The van der Waals surface area contributed by atoms with Crippen molar-refractivity contribution in [1.82, 2.24) is 4.98 Å². The number of aryl methyl sites for hydroxylation is 2. The Kier molecular flexibility index (Phi) is 5.19. The lowest BCUT2D eigenvalue weighted by atomic mass is 10.1. The number of anilines is 1. The summed E-state index contributed by atoms with van der Waals surface area (Å²) < 4.78 is 5.95. The van der Waals surface area contributed by atoms with Gasteiger partial charge < -0.3 is 9.73 Å². The van der Waals surface area contributed by atoms with E-state index in [9.17, 15) is 4.79 Å². The van der Waals surface area contributed by atoms with E-state index in [-0.39, 0.29) is 5.91 Å². The molecule has 4 nitrogen and oxygen atoms in total. The molecule has 5 heteroatoms. The first kappa shape index (κ1) is 19.0. The minimum atomic E-state index is -0.204. The highest BCUT2D eigenvalue weighted by Crippen LogP contribution is 2.30. The second-order valence-electron chi connectivity index (χ2n) is 6.80. The molecule has 1 amide bonds. The van der Waals surface area contributed by atoms with Crippen molar-refractivity contribution in [2.75, 3.05) is 5.32 Å². The molecule has 1 N–H and O–H groups in total.